The first-order valence-corrected chi connectivity index (χ1v) is 30.2. The minimum absolute atomic E-state index is 0.0409. The minimum atomic E-state index is 0.0409. The molecule has 1 aliphatic heterocycles. The van der Waals surface area contributed by atoms with Crippen LogP contribution in [-0.2, 0) is 19.1 Å². The van der Waals surface area contributed by atoms with Gasteiger partial charge in [-0.1, -0.05) is 220 Å². The van der Waals surface area contributed by atoms with E-state index in [1.54, 1.807) is 0 Å². The molecule has 386 valence electrons. The summed E-state index contributed by atoms with van der Waals surface area (Å²) in [6.07, 6.45) is 49.4. The normalized spacial score (nSPS) is 15.1. The lowest BCUT2D eigenvalue weighted by atomic mass is 9.92. The monoisotopic (exact) mass is 935 g/mol. The Hall–Kier alpha value is -0.790. The average Bonchev–Trinajstić information content (AvgIpc) is 3.30. The van der Waals surface area contributed by atoms with Crippen LogP contribution in [0.3, 0.4) is 0 Å². The molecular formula is C58H114N2O4S. The van der Waals surface area contributed by atoms with Gasteiger partial charge in [-0.3, -0.25) is 9.59 Å². The molecule has 1 fully saturated rings. The zero-order valence-electron chi connectivity index (χ0n) is 44.8. The Morgan fingerprint density at radius 2 is 0.831 bits per heavy atom. The van der Waals surface area contributed by atoms with Gasteiger partial charge in [0.25, 0.3) is 0 Å². The number of hydrogen-bond acceptors (Lipinski definition) is 7. The maximum absolute atomic E-state index is 12.7. The first-order chi connectivity index (χ1) is 31.9. The first-order valence-electron chi connectivity index (χ1n) is 29.3. The maximum Gasteiger partial charge on any atom is 0.306 e. The van der Waals surface area contributed by atoms with Crippen molar-refractivity contribution in [3.63, 3.8) is 0 Å². The van der Waals surface area contributed by atoms with E-state index in [2.05, 4.69) is 62.8 Å². The van der Waals surface area contributed by atoms with E-state index < -0.39 is 0 Å². The molecule has 1 saturated heterocycles. The van der Waals surface area contributed by atoms with Crippen LogP contribution < -0.4 is 0 Å². The van der Waals surface area contributed by atoms with Crippen molar-refractivity contribution in [2.75, 3.05) is 45.6 Å². The molecule has 0 saturated carbocycles. The van der Waals surface area contributed by atoms with E-state index in [0.717, 1.165) is 18.8 Å². The van der Waals surface area contributed by atoms with E-state index in [4.69, 9.17) is 9.47 Å². The highest BCUT2D eigenvalue weighted by Gasteiger charge is 2.25. The Labute approximate surface area is 411 Å². The molecule has 0 aromatic heterocycles. The maximum atomic E-state index is 12.7. The number of rotatable bonds is 49. The predicted octanol–water partition coefficient (Wildman–Crippen LogP) is 17.9. The second kappa shape index (κ2) is 46.9. The number of ether oxygens (including phenoxy) is 2. The molecule has 0 amide bonds. The number of esters is 2. The van der Waals surface area contributed by atoms with Gasteiger partial charge in [0.2, 0.25) is 0 Å². The van der Waals surface area contributed by atoms with Crippen molar-refractivity contribution in [1.82, 2.24) is 9.21 Å². The number of hydrogen-bond donors (Lipinski definition) is 0. The summed E-state index contributed by atoms with van der Waals surface area (Å²) in [6.45, 7) is 16.3. The topological polar surface area (TPSA) is 59.1 Å². The summed E-state index contributed by atoms with van der Waals surface area (Å²) in [6, 6.07) is 0.680. The molecule has 0 aliphatic carbocycles. The lowest BCUT2D eigenvalue weighted by Gasteiger charge is -2.37. The van der Waals surface area contributed by atoms with Gasteiger partial charge < -0.3 is 14.4 Å². The number of unbranched alkanes of at least 4 members (excludes halogenated alkanes) is 23. The molecule has 0 bridgehead atoms. The quantitative estimate of drug-likeness (QED) is 0.0342. The molecule has 0 N–H and O–H groups in total. The van der Waals surface area contributed by atoms with Gasteiger partial charge in [-0.15, -0.1) is 0 Å². The summed E-state index contributed by atoms with van der Waals surface area (Å²) >= 11 is 2.21. The van der Waals surface area contributed by atoms with Crippen LogP contribution in [0.15, 0.2) is 0 Å². The van der Waals surface area contributed by atoms with Crippen molar-refractivity contribution in [3.8, 4) is 0 Å². The summed E-state index contributed by atoms with van der Waals surface area (Å²) in [4.78, 5) is 27.9. The molecule has 7 heteroatoms. The second-order valence-corrected chi connectivity index (χ2v) is 22.1. The fourth-order valence-corrected chi connectivity index (χ4v) is 11.4. The van der Waals surface area contributed by atoms with Crippen molar-refractivity contribution in [2.24, 2.45) is 17.8 Å². The second-order valence-electron chi connectivity index (χ2n) is 21.0. The summed E-state index contributed by atoms with van der Waals surface area (Å²) in [7, 11) is 2.30. The molecule has 1 aliphatic rings. The number of carbonyl (C=O) groups is 2. The minimum Gasteiger partial charge on any atom is -0.466 e. The number of nitrogens with zero attached hydrogens (tertiary/aromatic N) is 2. The first kappa shape index (κ1) is 62.2. The summed E-state index contributed by atoms with van der Waals surface area (Å²) in [5, 5.41) is 0. The van der Waals surface area contributed by atoms with Crippen LogP contribution in [0.2, 0.25) is 0 Å². The Balaban J connectivity index is 2.58. The van der Waals surface area contributed by atoms with Crippen molar-refractivity contribution >= 4 is 23.9 Å². The summed E-state index contributed by atoms with van der Waals surface area (Å²) in [5.41, 5.74) is 0. The number of carbonyl (C=O) groups excluding carboxylic acids is 2. The Morgan fingerprint density at radius 1 is 0.477 bits per heavy atom. The molecule has 1 rings (SSSR count). The molecule has 0 radical (unpaired) electrons. The van der Waals surface area contributed by atoms with Gasteiger partial charge in [0.1, 0.15) is 0 Å². The molecule has 2 unspecified atom stereocenters. The number of likely N-dealkylation sites (tertiary alicyclic amines) is 1. The van der Waals surface area contributed by atoms with E-state index in [0.29, 0.717) is 43.9 Å². The van der Waals surface area contributed by atoms with Crippen LogP contribution in [0, 0.1) is 17.8 Å². The lowest BCUT2D eigenvalue weighted by molar-refractivity contribution is -0.146. The highest BCUT2D eigenvalue weighted by Crippen LogP contribution is 2.30. The van der Waals surface area contributed by atoms with Crippen molar-refractivity contribution in [3.05, 3.63) is 0 Å². The molecule has 0 spiro atoms. The molecule has 6 nitrogen and oxygen atoms in total. The van der Waals surface area contributed by atoms with Gasteiger partial charge >= 0.3 is 11.9 Å². The summed E-state index contributed by atoms with van der Waals surface area (Å²) < 4.78 is 14.4. The number of piperidine rings is 1. The van der Waals surface area contributed by atoms with Crippen LogP contribution in [0.25, 0.3) is 0 Å². The Kier molecular flexibility index (Phi) is 44.9. The molecule has 1 heterocycles. The van der Waals surface area contributed by atoms with E-state index in [-0.39, 0.29) is 11.9 Å². The van der Waals surface area contributed by atoms with Gasteiger partial charge in [0.05, 0.1) is 13.2 Å². The molecule has 2 atom stereocenters. The van der Waals surface area contributed by atoms with E-state index >= 15 is 0 Å². The van der Waals surface area contributed by atoms with Crippen molar-refractivity contribution < 1.29 is 19.1 Å². The molecule has 0 aromatic carbocycles. The van der Waals surface area contributed by atoms with Gasteiger partial charge in [-0.05, 0) is 109 Å². The predicted molar refractivity (Wildman–Crippen MR) is 286 cm³/mol. The SMILES string of the molecule is CCCCCCCCSN(CC1CCN(C)CC1)C(CCCCCCCCOC(=O)CC(CCCC)CCCCCC)CCCCCCCCOC(=O)CC(CCCC)CCCCCC. The van der Waals surface area contributed by atoms with Crippen molar-refractivity contribution in [1.29, 1.82) is 0 Å². The van der Waals surface area contributed by atoms with Crippen LogP contribution in [0.1, 0.15) is 291 Å². The highest BCUT2D eigenvalue weighted by atomic mass is 32.2. The van der Waals surface area contributed by atoms with E-state index in [1.807, 2.05) is 0 Å². The van der Waals surface area contributed by atoms with Gasteiger partial charge in [0, 0.05) is 31.2 Å². The summed E-state index contributed by atoms with van der Waals surface area (Å²) in [5.74, 6) is 3.21. The average molecular weight is 936 g/mol. The highest BCUT2D eigenvalue weighted by molar-refractivity contribution is 7.97. The lowest BCUT2D eigenvalue weighted by Crippen LogP contribution is -2.39. The molecular weight excluding hydrogens is 821 g/mol. The van der Waals surface area contributed by atoms with E-state index in [1.165, 1.54) is 257 Å². The van der Waals surface area contributed by atoms with E-state index in [9.17, 15) is 9.59 Å². The Bertz CT molecular complexity index is 966. The fraction of sp³-hybridized carbons (Fsp3) is 0.966. The third-order valence-corrected chi connectivity index (χ3v) is 15.9. The zero-order chi connectivity index (χ0) is 47.3. The van der Waals surface area contributed by atoms with Crippen LogP contribution in [0.5, 0.6) is 0 Å². The van der Waals surface area contributed by atoms with Crippen LogP contribution in [-0.4, -0.2) is 72.8 Å². The third kappa shape index (κ3) is 38.7. The smallest absolute Gasteiger partial charge is 0.306 e. The zero-order valence-corrected chi connectivity index (χ0v) is 45.6. The Morgan fingerprint density at radius 3 is 1.28 bits per heavy atom. The third-order valence-electron chi connectivity index (χ3n) is 14.6. The van der Waals surface area contributed by atoms with Gasteiger partial charge in [-0.2, -0.15) is 0 Å². The standard InChI is InChI=1S/C58H114N2O4S/c1-7-12-17-20-29-36-49-65-60(52-55-43-45-59(6)46-44-55)56(41-32-25-21-23-27-34-47-63-57(61)50-53(37-15-10-4)39-30-18-13-8-2)42-33-26-22-24-28-35-48-64-58(62)51-54(38-16-11-5)40-31-19-14-9-3/h53-56H,7-52H2,1-6H3. The molecule has 0 aromatic rings. The van der Waals surface area contributed by atoms with Gasteiger partial charge in [-0.25, -0.2) is 4.31 Å². The van der Waals surface area contributed by atoms with Gasteiger partial charge in [0.15, 0.2) is 0 Å². The van der Waals surface area contributed by atoms with Crippen LogP contribution >= 0.6 is 11.9 Å². The van der Waals surface area contributed by atoms with Crippen LogP contribution in [0.4, 0.5) is 0 Å². The molecule has 65 heavy (non-hydrogen) atoms. The van der Waals surface area contributed by atoms with Crippen molar-refractivity contribution in [2.45, 2.75) is 297 Å². The largest absolute Gasteiger partial charge is 0.466 e. The fourth-order valence-electron chi connectivity index (χ4n) is 10.0.